The number of fused-ring (bicyclic) bond motifs is 2. The lowest BCUT2D eigenvalue weighted by atomic mass is 9.94. The van der Waals surface area contributed by atoms with Crippen LogP contribution in [0.4, 0.5) is 0 Å². The van der Waals surface area contributed by atoms with Gasteiger partial charge in [0.25, 0.3) is 5.22 Å². The Morgan fingerprint density at radius 2 is 1.75 bits per heavy atom. The maximum absolute atomic E-state index is 12.9. The third-order valence-electron chi connectivity index (χ3n) is 6.76. The first-order valence-corrected chi connectivity index (χ1v) is 13.1. The van der Waals surface area contributed by atoms with Crippen LogP contribution >= 0.6 is 11.8 Å². The van der Waals surface area contributed by atoms with Gasteiger partial charge in [0.15, 0.2) is 5.58 Å². The topological polar surface area (TPSA) is 74.0 Å². The van der Waals surface area contributed by atoms with Gasteiger partial charge in [0, 0.05) is 37.3 Å². The van der Waals surface area contributed by atoms with Gasteiger partial charge in [-0.1, -0.05) is 78.0 Å². The van der Waals surface area contributed by atoms with Crippen molar-refractivity contribution < 1.29 is 9.21 Å². The molecule has 1 unspecified atom stereocenters. The fraction of sp³-hybridized carbons (Fsp3) is 0.250. The summed E-state index contributed by atoms with van der Waals surface area (Å²) in [5, 5.41) is 5.32. The molecule has 7 nitrogen and oxygen atoms in total. The SMILES string of the molecule is Cc1ccc(C2=NNC(N3CCN(C(=O)CSc4nc5ccccc5o4)CC3)c3ccccc32)cc1. The van der Waals surface area contributed by atoms with Crippen molar-refractivity contribution in [2.75, 3.05) is 31.9 Å². The molecule has 0 bridgehead atoms. The number of hydrogen-bond acceptors (Lipinski definition) is 7. The zero-order chi connectivity index (χ0) is 24.5. The summed E-state index contributed by atoms with van der Waals surface area (Å²) in [7, 11) is 0. The van der Waals surface area contributed by atoms with Crippen molar-refractivity contribution >= 4 is 34.5 Å². The van der Waals surface area contributed by atoms with Crippen molar-refractivity contribution in [3.63, 3.8) is 0 Å². The Labute approximate surface area is 214 Å². The molecule has 2 aliphatic heterocycles. The molecule has 4 aromatic rings. The summed E-state index contributed by atoms with van der Waals surface area (Å²) in [6.07, 6.45) is -0.0122. The number of aromatic nitrogens is 1. The molecule has 0 radical (unpaired) electrons. The number of oxazole rings is 1. The molecular weight excluding hydrogens is 470 g/mol. The molecule has 36 heavy (non-hydrogen) atoms. The molecule has 3 heterocycles. The zero-order valence-electron chi connectivity index (χ0n) is 20.1. The summed E-state index contributed by atoms with van der Waals surface area (Å²) in [5.41, 5.74) is 10.6. The van der Waals surface area contributed by atoms with E-state index in [2.05, 4.69) is 70.8 Å². The fourth-order valence-electron chi connectivity index (χ4n) is 4.77. The summed E-state index contributed by atoms with van der Waals surface area (Å²) in [5.74, 6) is 0.431. The number of amides is 1. The van der Waals surface area contributed by atoms with Crippen LogP contribution in [0.3, 0.4) is 0 Å². The van der Waals surface area contributed by atoms with Crippen molar-refractivity contribution in [2.24, 2.45) is 5.10 Å². The standard InChI is InChI=1S/C28H27N5O2S/c1-19-10-12-20(13-11-19)26-21-6-2-3-7-22(21)27(31-30-26)33-16-14-32(15-17-33)25(34)18-36-28-29-23-8-4-5-9-24(23)35-28/h2-13,27,31H,14-18H2,1H3. The Bertz CT molecular complexity index is 1390. The molecule has 1 atom stereocenters. The minimum absolute atomic E-state index is 0.0122. The molecule has 0 spiro atoms. The zero-order valence-corrected chi connectivity index (χ0v) is 20.9. The van der Waals surface area contributed by atoms with Gasteiger partial charge in [0.05, 0.1) is 11.5 Å². The van der Waals surface area contributed by atoms with Crippen molar-refractivity contribution in [1.29, 1.82) is 0 Å². The number of hydrogen-bond donors (Lipinski definition) is 1. The van der Waals surface area contributed by atoms with Crippen LogP contribution < -0.4 is 5.43 Å². The van der Waals surface area contributed by atoms with Gasteiger partial charge >= 0.3 is 0 Å². The van der Waals surface area contributed by atoms with Gasteiger partial charge in [-0.3, -0.25) is 15.1 Å². The van der Waals surface area contributed by atoms with E-state index in [4.69, 9.17) is 9.52 Å². The number of para-hydroxylation sites is 2. The third kappa shape index (κ3) is 4.50. The number of nitrogens with one attached hydrogen (secondary N) is 1. The highest BCUT2D eigenvalue weighted by molar-refractivity contribution is 7.99. The van der Waals surface area contributed by atoms with E-state index in [1.165, 1.54) is 22.9 Å². The molecule has 1 fully saturated rings. The van der Waals surface area contributed by atoms with Crippen LogP contribution in [0.2, 0.25) is 0 Å². The van der Waals surface area contributed by atoms with E-state index >= 15 is 0 Å². The van der Waals surface area contributed by atoms with Crippen LogP contribution in [0.1, 0.15) is 28.4 Å². The Morgan fingerprint density at radius 3 is 2.56 bits per heavy atom. The van der Waals surface area contributed by atoms with E-state index < -0.39 is 0 Å². The lowest BCUT2D eigenvalue weighted by Crippen LogP contribution is -2.52. The second-order valence-electron chi connectivity index (χ2n) is 9.10. The molecule has 0 saturated carbocycles. The van der Waals surface area contributed by atoms with E-state index in [1.807, 2.05) is 29.2 Å². The van der Waals surface area contributed by atoms with Crippen molar-refractivity contribution in [1.82, 2.24) is 20.2 Å². The first kappa shape index (κ1) is 22.8. The first-order valence-electron chi connectivity index (χ1n) is 12.2. The van der Waals surface area contributed by atoms with Gasteiger partial charge in [-0.2, -0.15) is 5.10 Å². The number of thioether (sulfide) groups is 1. The lowest BCUT2D eigenvalue weighted by molar-refractivity contribution is -0.130. The molecule has 0 aliphatic carbocycles. The summed E-state index contributed by atoms with van der Waals surface area (Å²) in [6, 6.07) is 24.6. The number of carbonyl (C=O) groups excluding carboxylic acids is 1. The normalized spacial score (nSPS) is 18.0. The molecule has 3 aromatic carbocycles. The summed E-state index contributed by atoms with van der Waals surface area (Å²) < 4.78 is 5.73. The van der Waals surface area contributed by atoms with E-state index in [0.29, 0.717) is 24.1 Å². The van der Waals surface area contributed by atoms with Gasteiger partial charge in [0.2, 0.25) is 5.91 Å². The van der Waals surface area contributed by atoms with Crippen LogP contribution in [-0.2, 0) is 4.79 Å². The number of hydrazone groups is 1. The average molecular weight is 498 g/mol. The summed E-state index contributed by atoms with van der Waals surface area (Å²) in [4.78, 5) is 21.6. The number of benzene rings is 3. The predicted octanol–water partition coefficient (Wildman–Crippen LogP) is 4.43. The molecule has 6 rings (SSSR count). The average Bonchev–Trinajstić information content (AvgIpc) is 3.35. The van der Waals surface area contributed by atoms with Crippen LogP contribution in [0.5, 0.6) is 0 Å². The van der Waals surface area contributed by atoms with Crippen LogP contribution in [-0.4, -0.2) is 58.3 Å². The number of carbonyl (C=O) groups is 1. The second kappa shape index (κ2) is 9.79. The number of rotatable bonds is 5. The Balaban J connectivity index is 1.09. The van der Waals surface area contributed by atoms with E-state index in [9.17, 15) is 4.79 Å². The van der Waals surface area contributed by atoms with Crippen LogP contribution in [0.25, 0.3) is 11.1 Å². The highest BCUT2D eigenvalue weighted by Crippen LogP contribution is 2.29. The van der Waals surface area contributed by atoms with Gasteiger partial charge in [0.1, 0.15) is 11.7 Å². The first-order chi connectivity index (χ1) is 17.7. The maximum atomic E-state index is 12.9. The number of piperazine rings is 1. The second-order valence-corrected chi connectivity index (χ2v) is 10.0. The van der Waals surface area contributed by atoms with Crippen molar-refractivity contribution in [3.8, 4) is 0 Å². The Morgan fingerprint density at radius 1 is 1.00 bits per heavy atom. The molecule has 1 aromatic heterocycles. The van der Waals surface area contributed by atoms with Gasteiger partial charge in [-0.15, -0.1) is 0 Å². The quantitative estimate of drug-likeness (QED) is 0.412. The van der Waals surface area contributed by atoms with Crippen LogP contribution in [0.15, 0.2) is 87.5 Å². The fourth-order valence-corrected chi connectivity index (χ4v) is 5.51. The molecule has 1 saturated heterocycles. The molecule has 1 amide bonds. The van der Waals surface area contributed by atoms with Crippen molar-refractivity contribution in [3.05, 3.63) is 95.1 Å². The highest BCUT2D eigenvalue weighted by atomic mass is 32.2. The van der Waals surface area contributed by atoms with E-state index in [0.717, 1.165) is 41.0 Å². The van der Waals surface area contributed by atoms with Crippen LogP contribution in [0, 0.1) is 6.92 Å². The molecule has 182 valence electrons. The number of aryl methyl sites for hydroxylation is 1. The highest BCUT2D eigenvalue weighted by Gasteiger charge is 2.31. The minimum Gasteiger partial charge on any atom is -0.431 e. The minimum atomic E-state index is -0.0122. The van der Waals surface area contributed by atoms with Gasteiger partial charge in [-0.25, -0.2) is 4.98 Å². The third-order valence-corrected chi connectivity index (χ3v) is 7.57. The van der Waals surface area contributed by atoms with Crippen molar-refractivity contribution in [2.45, 2.75) is 18.3 Å². The van der Waals surface area contributed by atoms with Gasteiger partial charge in [-0.05, 0) is 24.6 Å². The monoisotopic (exact) mass is 497 g/mol. The maximum Gasteiger partial charge on any atom is 0.257 e. The predicted molar refractivity (Wildman–Crippen MR) is 142 cm³/mol. The number of nitrogens with zero attached hydrogens (tertiary/aromatic N) is 4. The Kier molecular flexibility index (Phi) is 6.21. The largest absolute Gasteiger partial charge is 0.431 e. The van der Waals surface area contributed by atoms with E-state index in [1.54, 1.807) is 0 Å². The molecule has 1 N–H and O–H groups in total. The lowest BCUT2D eigenvalue weighted by Gasteiger charge is -2.41. The Hall–Kier alpha value is -3.62. The molecule has 8 heteroatoms. The molecular formula is C28H27N5O2S. The smallest absolute Gasteiger partial charge is 0.257 e. The van der Waals surface area contributed by atoms with Gasteiger partial charge < -0.3 is 9.32 Å². The molecule has 2 aliphatic rings. The summed E-state index contributed by atoms with van der Waals surface area (Å²) in [6.45, 7) is 5.01. The summed E-state index contributed by atoms with van der Waals surface area (Å²) >= 11 is 1.35. The van der Waals surface area contributed by atoms with E-state index in [-0.39, 0.29) is 12.1 Å².